The molecule has 0 saturated carbocycles. The van der Waals surface area contributed by atoms with Crippen molar-refractivity contribution in [2.45, 2.75) is 0 Å². The number of rotatable bonds is 1. The van der Waals surface area contributed by atoms with Crippen LogP contribution in [0, 0.1) is 0 Å². The molecule has 0 unspecified atom stereocenters. The molecule has 0 aliphatic carbocycles. The second kappa shape index (κ2) is 4.86. The molecular weight excluding hydrogens is 304 g/mol. The summed E-state index contributed by atoms with van der Waals surface area (Å²) in [6.07, 6.45) is 2.87. The average Bonchev–Trinajstić information content (AvgIpc) is 2.29. The summed E-state index contributed by atoms with van der Waals surface area (Å²) in [4.78, 5) is 7.99. The second-order valence-electron chi connectivity index (χ2n) is 3.17. The van der Waals surface area contributed by atoms with Crippen LogP contribution in [0.25, 0.3) is 11.3 Å². The Morgan fingerprint density at radius 2 is 1.59 bits per heavy atom. The smallest absolute Gasteiger partial charge is 0.141 e. The zero-order chi connectivity index (χ0) is 12.6. The van der Waals surface area contributed by atoms with Crippen molar-refractivity contribution >= 4 is 52.2 Å². The molecule has 17 heavy (non-hydrogen) atoms. The van der Waals surface area contributed by atoms with Gasteiger partial charge in [-0.3, -0.25) is 4.98 Å². The number of hydrogen-bond donors (Lipinski definition) is 1. The summed E-state index contributed by atoms with van der Waals surface area (Å²) < 4.78 is 0. The van der Waals surface area contributed by atoms with Crippen molar-refractivity contribution in [1.29, 1.82) is 0 Å². The maximum absolute atomic E-state index is 6.08. The van der Waals surface area contributed by atoms with Crippen LogP contribution in [-0.2, 0) is 0 Å². The Morgan fingerprint density at radius 1 is 0.882 bits per heavy atom. The lowest BCUT2D eigenvalue weighted by Gasteiger charge is -2.09. The Balaban J connectivity index is 2.67. The molecule has 2 rings (SSSR count). The molecule has 0 bridgehead atoms. The highest BCUT2D eigenvalue weighted by Gasteiger charge is 2.16. The van der Waals surface area contributed by atoms with Crippen LogP contribution in [0.5, 0.6) is 0 Å². The van der Waals surface area contributed by atoms with Crippen molar-refractivity contribution in [1.82, 2.24) is 9.97 Å². The summed E-state index contributed by atoms with van der Waals surface area (Å²) in [5, 5.41) is 1.10. The van der Waals surface area contributed by atoms with Gasteiger partial charge < -0.3 is 5.73 Å². The van der Waals surface area contributed by atoms with E-state index in [1.807, 2.05) is 0 Å². The number of nitrogen functional groups attached to an aromatic ring is 1. The predicted molar refractivity (Wildman–Crippen MR) is 71.9 cm³/mol. The molecular formula is C10H5Cl4N3. The molecule has 0 aliphatic heterocycles. The Morgan fingerprint density at radius 3 is 2.18 bits per heavy atom. The number of anilines is 1. The van der Waals surface area contributed by atoms with Crippen molar-refractivity contribution in [2.24, 2.45) is 0 Å². The first kappa shape index (κ1) is 12.7. The van der Waals surface area contributed by atoms with Gasteiger partial charge in [-0.2, -0.15) is 0 Å². The van der Waals surface area contributed by atoms with E-state index in [1.54, 1.807) is 0 Å². The van der Waals surface area contributed by atoms with E-state index in [-0.39, 0.29) is 15.1 Å². The van der Waals surface area contributed by atoms with Gasteiger partial charge in [0, 0.05) is 5.56 Å². The lowest BCUT2D eigenvalue weighted by molar-refractivity contribution is 1.22. The quantitative estimate of drug-likeness (QED) is 0.630. The first-order chi connectivity index (χ1) is 8.00. The Bertz CT molecular complexity index is 569. The van der Waals surface area contributed by atoms with Gasteiger partial charge in [-0.05, 0) is 6.07 Å². The molecule has 1 aromatic carbocycles. The molecule has 2 aromatic rings. The zero-order valence-electron chi connectivity index (χ0n) is 8.22. The third-order valence-electron chi connectivity index (χ3n) is 2.04. The molecule has 88 valence electrons. The van der Waals surface area contributed by atoms with Gasteiger partial charge in [-0.1, -0.05) is 46.4 Å². The fourth-order valence-corrected chi connectivity index (χ4v) is 2.37. The zero-order valence-corrected chi connectivity index (χ0v) is 11.2. The average molecular weight is 309 g/mol. The summed E-state index contributed by atoms with van der Waals surface area (Å²) in [6.45, 7) is 0. The van der Waals surface area contributed by atoms with Gasteiger partial charge >= 0.3 is 0 Å². The minimum atomic E-state index is 0.228. The largest absolute Gasteiger partial charge is 0.382 e. The Kier molecular flexibility index (Phi) is 3.64. The topological polar surface area (TPSA) is 51.8 Å². The lowest BCUT2D eigenvalue weighted by atomic mass is 10.1. The van der Waals surface area contributed by atoms with Crippen molar-refractivity contribution in [2.75, 3.05) is 5.73 Å². The van der Waals surface area contributed by atoms with Crippen LogP contribution in [-0.4, -0.2) is 9.97 Å². The number of halogens is 4. The van der Waals surface area contributed by atoms with Crippen LogP contribution in [0.2, 0.25) is 20.1 Å². The second-order valence-corrected chi connectivity index (χ2v) is 4.74. The van der Waals surface area contributed by atoms with Gasteiger partial charge in [-0.15, -0.1) is 0 Å². The molecule has 1 heterocycles. The molecule has 0 spiro atoms. The minimum absolute atomic E-state index is 0.228. The third-order valence-corrected chi connectivity index (χ3v) is 3.60. The molecule has 2 N–H and O–H groups in total. The molecule has 0 atom stereocenters. The van der Waals surface area contributed by atoms with Crippen molar-refractivity contribution < 1.29 is 0 Å². The van der Waals surface area contributed by atoms with Gasteiger partial charge in [0.2, 0.25) is 0 Å². The van der Waals surface area contributed by atoms with Crippen molar-refractivity contribution in [3.05, 3.63) is 38.6 Å². The van der Waals surface area contributed by atoms with E-state index >= 15 is 0 Å². The molecule has 0 saturated heterocycles. The SMILES string of the molecule is Nc1cnc(-c2c(Cl)cc(Cl)c(Cl)c2Cl)cn1. The molecule has 0 radical (unpaired) electrons. The van der Waals surface area contributed by atoms with E-state index < -0.39 is 0 Å². The van der Waals surface area contributed by atoms with Crippen LogP contribution in [0.3, 0.4) is 0 Å². The first-order valence-electron chi connectivity index (χ1n) is 4.41. The maximum atomic E-state index is 6.08. The molecule has 3 nitrogen and oxygen atoms in total. The minimum Gasteiger partial charge on any atom is -0.382 e. The molecule has 1 aromatic heterocycles. The highest BCUT2D eigenvalue weighted by atomic mass is 35.5. The predicted octanol–water partition coefficient (Wildman–Crippen LogP) is 4.34. The Labute approximate surface area is 117 Å². The van der Waals surface area contributed by atoms with Gasteiger partial charge in [0.1, 0.15) is 5.82 Å². The highest BCUT2D eigenvalue weighted by Crippen LogP contribution is 2.42. The van der Waals surface area contributed by atoms with E-state index in [9.17, 15) is 0 Å². The summed E-state index contributed by atoms with van der Waals surface area (Å²) in [5.41, 5.74) is 6.41. The van der Waals surface area contributed by atoms with E-state index in [0.29, 0.717) is 22.1 Å². The Hall–Kier alpha value is -0.740. The third kappa shape index (κ3) is 2.43. The van der Waals surface area contributed by atoms with Crippen LogP contribution in [0.1, 0.15) is 0 Å². The van der Waals surface area contributed by atoms with Gasteiger partial charge in [0.05, 0.1) is 38.2 Å². The maximum Gasteiger partial charge on any atom is 0.141 e. The summed E-state index contributed by atoms with van der Waals surface area (Å²) in [5.74, 6) is 0.307. The van der Waals surface area contributed by atoms with Crippen LogP contribution >= 0.6 is 46.4 Å². The fourth-order valence-electron chi connectivity index (χ4n) is 1.27. The summed E-state index contributed by atoms with van der Waals surface area (Å²) >= 11 is 23.9. The van der Waals surface area contributed by atoms with Crippen molar-refractivity contribution in [3.8, 4) is 11.3 Å². The van der Waals surface area contributed by atoms with Crippen LogP contribution in [0.4, 0.5) is 5.82 Å². The fraction of sp³-hybridized carbons (Fsp3) is 0. The van der Waals surface area contributed by atoms with Crippen LogP contribution in [0.15, 0.2) is 18.5 Å². The highest BCUT2D eigenvalue weighted by molar-refractivity contribution is 6.51. The number of aromatic nitrogens is 2. The molecule has 7 heteroatoms. The number of hydrogen-bond acceptors (Lipinski definition) is 3. The van der Waals surface area contributed by atoms with Gasteiger partial charge in [0.15, 0.2) is 0 Å². The molecule has 0 amide bonds. The number of nitrogens with zero attached hydrogens (tertiary/aromatic N) is 2. The van der Waals surface area contributed by atoms with E-state index in [1.165, 1.54) is 18.5 Å². The standard InChI is InChI=1S/C10H5Cl4N3/c11-4-1-5(12)9(13)10(14)8(4)6-2-17-7(15)3-16-6/h1-3H,(H2,15,17). The van der Waals surface area contributed by atoms with E-state index in [4.69, 9.17) is 52.1 Å². The van der Waals surface area contributed by atoms with Gasteiger partial charge in [0.25, 0.3) is 0 Å². The van der Waals surface area contributed by atoms with E-state index in [0.717, 1.165) is 0 Å². The summed E-state index contributed by atoms with van der Waals surface area (Å²) in [7, 11) is 0. The molecule has 0 fully saturated rings. The normalized spacial score (nSPS) is 10.6. The summed E-state index contributed by atoms with van der Waals surface area (Å²) in [6, 6.07) is 1.50. The molecule has 0 aliphatic rings. The lowest BCUT2D eigenvalue weighted by Crippen LogP contribution is -1.94. The number of nitrogens with two attached hydrogens (primary N) is 1. The van der Waals surface area contributed by atoms with Gasteiger partial charge in [-0.25, -0.2) is 4.98 Å². The number of benzene rings is 1. The first-order valence-corrected chi connectivity index (χ1v) is 5.92. The van der Waals surface area contributed by atoms with E-state index in [2.05, 4.69) is 9.97 Å². The monoisotopic (exact) mass is 307 g/mol. The van der Waals surface area contributed by atoms with Crippen molar-refractivity contribution in [3.63, 3.8) is 0 Å². The van der Waals surface area contributed by atoms with Crippen LogP contribution < -0.4 is 5.73 Å².